The van der Waals surface area contributed by atoms with Gasteiger partial charge in [0.1, 0.15) is 5.82 Å². The Labute approximate surface area is 192 Å². The van der Waals surface area contributed by atoms with Gasteiger partial charge in [0.15, 0.2) is 5.75 Å². The Morgan fingerprint density at radius 3 is 2.81 bits per heavy atom. The molecule has 2 fully saturated rings. The van der Waals surface area contributed by atoms with E-state index in [1.807, 2.05) is 11.8 Å². The van der Waals surface area contributed by atoms with E-state index in [1.54, 1.807) is 15.9 Å². The average Bonchev–Trinajstić information content (AvgIpc) is 3.51. The fourth-order valence-electron chi connectivity index (χ4n) is 4.44. The van der Waals surface area contributed by atoms with Gasteiger partial charge in [0.05, 0.1) is 33.9 Å². The molecule has 0 bridgehead atoms. The molecule has 0 radical (unpaired) electrons. The van der Waals surface area contributed by atoms with E-state index >= 15 is 4.39 Å². The normalized spacial score (nSPS) is 18.8. The molecule has 1 aromatic carbocycles. The third-order valence-corrected chi connectivity index (χ3v) is 7.31. The molecule has 0 spiro atoms. The third kappa shape index (κ3) is 3.54. The maximum Gasteiger partial charge on any atom is 0.511 e. The van der Waals surface area contributed by atoms with E-state index in [4.69, 9.17) is 16.7 Å². The number of hydrogen-bond donors (Lipinski definition) is 2. The number of carbonyl (C=O) groups is 1. The van der Waals surface area contributed by atoms with Gasteiger partial charge < -0.3 is 24.6 Å². The molecular weight excluding hydrogens is 457 g/mol. The van der Waals surface area contributed by atoms with Crippen molar-refractivity contribution in [3.63, 3.8) is 0 Å². The van der Waals surface area contributed by atoms with Crippen LogP contribution in [0.5, 0.6) is 5.75 Å². The average molecular weight is 478 g/mol. The summed E-state index contributed by atoms with van der Waals surface area (Å²) in [5.41, 5.74) is 2.22. The number of nitrogens with one attached hydrogen (secondary N) is 1. The van der Waals surface area contributed by atoms with Crippen molar-refractivity contribution in [3.8, 4) is 5.75 Å². The second-order valence-electron chi connectivity index (χ2n) is 8.17. The molecular formula is C22H21ClFN3O4S. The SMILES string of the molecule is Cc1cscc1C1CNCCN1c1c(F)cc2c(=O)c(OC(=O)O)cn(C3CC3)c2c1Cl. The van der Waals surface area contributed by atoms with Crippen LogP contribution in [0.4, 0.5) is 14.9 Å². The number of carboxylic acid groups (broad SMARTS) is 1. The zero-order valence-electron chi connectivity index (χ0n) is 17.2. The highest BCUT2D eigenvalue weighted by atomic mass is 35.5. The first-order valence-electron chi connectivity index (χ1n) is 10.3. The zero-order chi connectivity index (χ0) is 22.6. The number of pyridine rings is 1. The topological polar surface area (TPSA) is 83.8 Å². The minimum Gasteiger partial charge on any atom is -0.449 e. The molecule has 3 heterocycles. The van der Waals surface area contributed by atoms with Crippen molar-refractivity contribution < 1.29 is 19.0 Å². The number of benzene rings is 1. The largest absolute Gasteiger partial charge is 0.511 e. The summed E-state index contributed by atoms with van der Waals surface area (Å²) < 4.78 is 22.0. The van der Waals surface area contributed by atoms with Crippen LogP contribution in [-0.4, -0.2) is 35.5 Å². The molecule has 0 amide bonds. The van der Waals surface area contributed by atoms with Crippen LogP contribution in [0.25, 0.3) is 10.9 Å². The maximum atomic E-state index is 15.6. The van der Waals surface area contributed by atoms with Crippen molar-refractivity contribution >= 4 is 45.7 Å². The Hall–Kier alpha value is -2.62. The molecule has 32 heavy (non-hydrogen) atoms. The molecule has 1 unspecified atom stereocenters. The van der Waals surface area contributed by atoms with Gasteiger partial charge in [-0.25, -0.2) is 9.18 Å². The van der Waals surface area contributed by atoms with Crippen molar-refractivity contribution in [2.45, 2.75) is 31.8 Å². The molecule has 3 aromatic rings. The summed E-state index contributed by atoms with van der Waals surface area (Å²) in [5.74, 6) is -0.969. The number of fused-ring (bicyclic) bond motifs is 1. The number of ether oxygens (including phenoxy) is 1. The Balaban J connectivity index is 1.72. The number of rotatable bonds is 4. The number of nitrogens with zero attached hydrogens (tertiary/aromatic N) is 2. The van der Waals surface area contributed by atoms with Crippen LogP contribution >= 0.6 is 22.9 Å². The second-order valence-corrected chi connectivity index (χ2v) is 9.29. The lowest BCUT2D eigenvalue weighted by Crippen LogP contribution is -2.46. The molecule has 1 aliphatic carbocycles. The van der Waals surface area contributed by atoms with Crippen molar-refractivity contribution in [3.05, 3.63) is 55.2 Å². The first-order chi connectivity index (χ1) is 15.4. The van der Waals surface area contributed by atoms with Gasteiger partial charge in [-0.05, 0) is 47.7 Å². The number of piperazine rings is 1. The standard InChI is InChI=1S/C22H21ClFN3O4S/c1-11-9-32-10-14(11)16-7-25-4-5-26(16)20-15(24)6-13-19(18(20)23)27(12-2-3-12)8-17(21(13)28)31-22(29)30/h6,8-10,12,16,25H,2-5,7H2,1H3,(H,29,30). The number of thiophene rings is 1. The van der Waals surface area contributed by atoms with Gasteiger partial charge >= 0.3 is 6.16 Å². The van der Waals surface area contributed by atoms with Gasteiger partial charge in [-0.1, -0.05) is 11.6 Å². The molecule has 2 aliphatic rings. The molecule has 2 aromatic heterocycles. The fraction of sp³-hybridized carbons (Fsp3) is 0.364. The van der Waals surface area contributed by atoms with Crippen LogP contribution in [0.3, 0.4) is 0 Å². The minimum absolute atomic E-state index is 0.0142. The van der Waals surface area contributed by atoms with Crippen molar-refractivity contribution in [2.75, 3.05) is 24.5 Å². The third-order valence-electron chi connectivity index (χ3n) is 6.07. The number of hydrogen-bond acceptors (Lipinski definition) is 6. The zero-order valence-corrected chi connectivity index (χ0v) is 18.8. The number of anilines is 1. The second kappa shape index (κ2) is 8.06. The van der Waals surface area contributed by atoms with Crippen LogP contribution in [0.2, 0.25) is 5.02 Å². The number of halogens is 2. The van der Waals surface area contributed by atoms with Gasteiger partial charge in [0.2, 0.25) is 5.43 Å². The highest BCUT2D eigenvalue weighted by molar-refractivity contribution is 7.08. The van der Waals surface area contributed by atoms with Gasteiger partial charge in [-0.3, -0.25) is 4.79 Å². The van der Waals surface area contributed by atoms with Crippen LogP contribution in [-0.2, 0) is 0 Å². The summed E-state index contributed by atoms with van der Waals surface area (Å²) in [5, 5.41) is 16.7. The van der Waals surface area contributed by atoms with Gasteiger partial charge in [-0.2, -0.15) is 11.3 Å². The minimum atomic E-state index is -1.60. The summed E-state index contributed by atoms with van der Waals surface area (Å²) in [7, 11) is 0. The van der Waals surface area contributed by atoms with Crippen molar-refractivity contribution in [2.24, 2.45) is 0 Å². The number of aromatic nitrogens is 1. The van der Waals surface area contributed by atoms with Crippen LogP contribution in [0.1, 0.15) is 36.1 Å². The smallest absolute Gasteiger partial charge is 0.449 e. The Morgan fingerprint density at radius 2 is 2.16 bits per heavy atom. The number of aryl methyl sites for hydroxylation is 1. The molecule has 1 saturated carbocycles. The summed E-state index contributed by atoms with van der Waals surface area (Å²) in [6.07, 6.45) is 1.50. The maximum absolute atomic E-state index is 15.6. The van der Waals surface area contributed by atoms with Gasteiger partial charge in [0, 0.05) is 25.7 Å². The first-order valence-corrected chi connectivity index (χ1v) is 11.7. The predicted molar refractivity (Wildman–Crippen MR) is 122 cm³/mol. The highest BCUT2D eigenvalue weighted by Crippen LogP contribution is 2.44. The van der Waals surface area contributed by atoms with E-state index in [-0.39, 0.29) is 33.9 Å². The summed E-state index contributed by atoms with van der Waals surface area (Å²) in [4.78, 5) is 25.9. The summed E-state index contributed by atoms with van der Waals surface area (Å²) in [6, 6.07) is 1.12. The van der Waals surface area contributed by atoms with Crippen molar-refractivity contribution in [1.29, 1.82) is 0 Å². The molecule has 1 atom stereocenters. The van der Waals surface area contributed by atoms with E-state index in [2.05, 4.69) is 20.8 Å². The summed E-state index contributed by atoms with van der Waals surface area (Å²) in [6.45, 7) is 3.90. The van der Waals surface area contributed by atoms with E-state index < -0.39 is 17.4 Å². The van der Waals surface area contributed by atoms with Crippen LogP contribution in [0, 0.1) is 12.7 Å². The van der Waals surface area contributed by atoms with Gasteiger partial charge in [0.25, 0.3) is 0 Å². The summed E-state index contributed by atoms with van der Waals surface area (Å²) >= 11 is 8.44. The molecule has 7 nitrogen and oxygen atoms in total. The molecule has 1 saturated heterocycles. The quantitative estimate of drug-likeness (QED) is 0.530. The van der Waals surface area contributed by atoms with Gasteiger partial charge in [-0.15, -0.1) is 0 Å². The molecule has 168 valence electrons. The van der Waals surface area contributed by atoms with E-state index in [9.17, 15) is 9.59 Å². The Kier molecular flexibility index (Phi) is 5.35. The van der Waals surface area contributed by atoms with Crippen LogP contribution < -0.4 is 20.4 Å². The molecule has 1 aliphatic heterocycles. The Bertz CT molecular complexity index is 1290. The highest BCUT2D eigenvalue weighted by Gasteiger charge is 2.33. The van der Waals surface area contributed by atoms with E-state index in [0.717, 1.165) is 30.0 Å². The predicted octanol–water partition coefficient (Wildman–Crippen LogP) is 4.71. The first kappa shape index (κ1) is 21.2. The molecule has 10 heteroatoms. The lowest BCUT2D eigenvalue weighted by atomic mass is 10.0. The lowest BCUT2D eigenvalue weighted by molar-refractivity contribution is 0.143. The molecule has 5 rings (SSSR count). The Morgan fingerprint density at radius 1 is 1.38 bits per heavy atom. The van der Waals surface area contributed by atoms with E-state index in [1.165, 1.54) is 6.20 Å². The van der Waals surface area contributed by atoms with E-state index in [0.29, 0.717) is 25.2 Å². The molecule has 2 N–H and O–H groups in total. The lowest BCUT2D eigenvalue weighted by Gasteiger charge is -2.39. The fourth-order valence-corrected chi connectivity index (χ4v) is 5.73. The monoisotopic (exact) mass is 477 g/mol. The van der Waals surface area contributed by atoms with Crippen molar-refractivity contribution in [1.82, 2.24) is 9.88 Å². The van der Waals surface area contributed by atoms with Crippen LogP contribution in [0.15, 0.2) is 27.8 Å².